The van der Waals surface area contributed by atoms with Gasteiger partial charge in [-0.3, -0.25) is 9.59 Å². The molecule has 2 N–H and O–H groups in total. The van der Waals surface area contributed by atoms with Gasteiger partial charge in [0.25, 0.3) is 11.8 Å². The third-order valence-corrected chi connectivity index (χ3v) is 3.83. The van der Waals surface area contributed by atoms with Gasteiger partial charge in [-0.05, 0) is 30.7 Å². The predicted molar refractivity (Wildman–Crippen MR) is 101 cm³/mol. The number of carbonyl (C=O) groups excluding carboxylic acids is 2. The number of nitrogens with one attached hydrogen (secondary N) is 2. The Labute approximate surface area is 152 Å². The molecular formula is C20H22N2O4. The summed E-state index contributed by atoms with van der Waals surface area (Å²) in [7, 11) is 4.60. The topological polar surface area (TPSA) is 76.7 Å². The lowest BCUT2D eigenvalue weighted by Gasteiger charge is -2.15. The minimum atomic E-state index is -0.354. The van der Waals surface area contributed by atoms with Crippen LogP contribution in [0.4, 0.5) is 5.69 Å². The van der Waals surface area contributed by atoms with E-state index in [9.17, 15) is 9.59 Å². The molecule has 0 aliphatic carbocycles. The SMILES string of the molecule is C=CCc1cc(C(=O)Nc2ccccc2C(=O)NC)cc(OC)c1OC. The van der Waals surface area contributed by atoms with Crippen molar-refractivity contribution in [3.05, 3.63) is 65.7 Å². The third-order valence-electron chi connectivity index (χ3n) is 3.83. The van der Waals surface area contributed by atoms with Crippen LogP contribution in [-0.4, -0.2) is 33.1 Å². The van der Waals surface area contributed by atoms with Gasteiger partial charge in [0.2, 0.25) is 0 Å². The summed E-state index contributed by atoms with van der Waals surface area (Å²) in [5, 5.41) is 5.33. The van der Waals surface area contributed by atoms with E-state index < -0.39 is 0 Å². The molecule has 2 amide bonds. The van der Waals surface area contributed by atoms with Crippen molar-refractivity contribution in [2.24, 2.45) is 0 Å². The number of amides is 2. The summed E-state index contributed by atoms with van der Waals surface area (Å²) in [6.45, 7) is 3.73. The number of para-hydroxylation sites is 1. The molecule has 0 saturated carbocycles. The van der Waals surface area contributed by atoms with Crippen molar-refractivity contribution >= 4 is 17.5 Å². The van der Waals surface area contributed by atoms with Crippen molar-refractivity contribution in [2.45, 2.75) is 6.42 Å². The molecule has 0 radical (unpaired) electrons. The Kier molecular flexibility index (Phi) is 6.38. The first-order chi connectivity index (χ1) is 12.5. The molecule has 0 aliphatic heterocycles. The molecule has 0 unspecified atom stereocenters. The van der Waals surface area contributed by atoms with E-state index in [1.165, 1.54) is 14.2 Å². The molecule has 2 rings (SSSR count). The Morgan fingerprint density at radius 2 is 1.85 bits per heavy atom. The smallest absolute Gasteiger partial charge is 0.255 e. The number of carbonyl (C=O) groups is 2. The zero-order chi connectivity index (χ0) is 19.1. The Bertz CT molecular complexity index is 831. The van der Waals surface area contributed by atoms with Crippen molar-refractivity contribution in [1.82, 2.24) is 5.32 Å². The van der Waals surface area contributed by atoms with Crippen LogP contribution in [0.1, 0.15) is 26.3 Å². The number of rotatable bonds is 7. The number of ether oxygens (including phenoxy) is 2. The number of methoxy groups -OCH3 is 2. The van der Waals surface area contributed by atoms with Gasteiger partial charge in [0.1, 0.15) is 0 Å². The number of hydrogen-bond donors (Lipinski definition) is 2. The standard InChI is InChI=1S/C20H22N2O4/c1-5-8-13-11-14(12-17(25-3)18(13)26-4)19(23)22-16-10-7-6-9-15(16)20(24)21-2/h5-7,9-12H,1,8H2,2-4H3,(H,21,24)(H,22,23). The summed E-state index contributed by atoms with van der Waals surface area (Å²) < 4.78 is 10.7. The van der Waals surface area contributed by atoms with Gasteiger partial charge in [-0.15, -0.1) is 6.58 Å². The van der Waals surface area contributed by atoms with E-state index in [2.05, 4.69) is 17.2 Å². The lowest BCUT2D eigenvalue weighted by atomic mass is 10.0. The normalized spacial score (nSPS) is 9.96. The second kappa shape index (κ2) is 8.71. The monoisotopic (exact) mass is 354 g/mol. The first kappa shape index (κ1) is 19.1. The highest BCUT2D eigenvalue weighted by molar-refractivity contribution is 6.09. The summed E-state index contributed by atoms with van der Waals surface area (Å²) in [6.07, 6.45) is 2.25. The maximum absolute atomic E-state index is 12.7. The van der Waals surface area contributed by atoms with E-state index >= 15 is 0 Å². The summed E-state index contributed by atoms with van der Waals surface area (Å²) >= 11 is 0. The number of benzene rings is 2. The maximum atomic E-state index is 12.7. The zero-order valence-electron chi connectivity index (χ0n) is 15.1. The van der Waals surface area contributed by atoms with Gasteiger partial charge in [0.05, 0.1) is 25.5 Å². The van der Waals surface area contributed by atoms with Crippen LogP contribution in [-0.2, 0) is 6.42 Å². The number of hydrogen-bond acceptors (Lipinski definition) is 4. The summed E-state index contributed by atoms with van der Waals surface area (Å²) in [5.41, 5.74) is 1.99. The van der Waals surface area contributed by atoms with Crippen molar-refractivity contribution in [2.75, 3.05) is 26.6 Å². The van der Waals surface area contributed by atoms with Crippen molar-refractivity contribution in [3.8, 4) is 11.5 Å². The molecule has 0 fully saturated rings. The molecule has 0 aromatic heterocycles. The summed E-state index contributed by atoms with van der Waals surface area (Å²) in [4.78, 5) is 24.7. The van der Waals surface area contributed by atoms with E-state index in [0.29, 0.717) is 34.7 Å². The van der Waals surface area contributed by atoms with E-state index in [4.69, 9.17) is 9.47 Å². The molecule has 6 heteroatoms. The average molecular weight is 354 g/mol. The molecule has 0 saturated heterocycles. The van der Waals surface area contributed by atoms with Gasteiger partial charge in [0, 0.05) is 18.2 Å². The molecule has 136 valence electrons. The van der Waals surface area contributed by atoms with Gasteiger partial charge in [0.15, 0.2) is 11.5 Å². The molecule has 6 nitrogen and oxygen atoms in total. The van der Waals surface area contributed by atoms with E-state index in [1.807, 2.05) is 0 Å². The van der Waals surface area contributed by atoms with E-state index in [0.717, 1.165) is 5.56 Å². The van der Waals surface area contributed by atoms with Crippen LogP contribution in [0.5, 0.6) is 11.5 Å². The van der Waals surface area contributed by atoms with Crippen LogP contribution in [0, 0.1) is 0 Å². The van der Waals surface area contributed by atoms with Crippen molar-refractivity contribution < 1.29 is 19.1 Å². The van der Waals surface area contributed by atoms with Crippen LogP contribution in [0.3, 0.4) is 0 Å². The number of allylic oxidation sites excluding steroid dienone is 1. The third kappa shape index (κ3) is 4.03. The van der Waals surface area contributed by atoms with Gasteiger partial charge in [-0.2, -0.15) is 0 Å². The molecule has 0 aliphatic rings. The zero-order valence-corrected chi connectivity index (χ0v) is 15.1. The number of anilines is 1. The first-order valence-electron chi connectivity index (χ1n) is 8.04. The second-order valence-electron chi connectivity index (χ2n) is 5.44. The Morgan fingerprint density at radius 3 is 2.46 bits per heavy atom. The quantitative estimate of drug-likeness (QED) is 0.749. The molecular weight excluding hydrogens is 332 g/mol. The molecule has 2 aromatic rings. The molecule has 0 bridgehead atoms. The summed E-state index contributed by atoms with van der Waals surface area (Å²) in [5.74, 6) is 0.388. The fraction of sp³-hybridized carbons (Fsp3) is 0.200. The van der Waals surface area contributed by atoms with Crippen molar-refractivity contribution in [3.63, 3.8) is 0 Å². The van der Waals surface area contributed by atoms with Gasteiger partial charge < -0.3 is 20.1 Å². The van der Waals surface area contributed by atoms with E-state index in [1.54, 1.807) is 49.6 Å². The molecule has 0 heterocycles. The van der Waals surface area contributed by atoms with Gasteiger partial charge in [-0.1, -0.05) is 18.2 Å². The lowest BCUT2D eigenvalue weighted by Crippen LogP contribution is -2.21. The fourth-order valence-electron chi connectivity index (χ4n) is 2.60. The second-order valence-corrected chi connectivity index (χ2v) is 5.44. The lowest BCUT2D eigenvalue weighted by molar-refractivity contribution is 0.0964. The van der Waals surface area contributed by atoms with Gasteiger partial charge in [-0.25, -0.2) is 0 Å². The minimum absolute atomic E-state index is 0.277. The van der Waals surface area contributed by atoms with Crippen LogP contribution >= 0.6 is 0 Å². The molecule has 2 aromatic carbocycles. The van der Waals surface area contributed by atoms with E-state index in [-0.39, 0.29) is 11.8 Å². The first-order valence-corrected chi connectivity index (χ1v) is 8.04. The molecule has 0 atom stereocenters. The van der Waals surface area contributed by atoms with Crippen LogP contribution < -0.4 is 20.1 Å². The Morgan fingerprint density at radius 1 is 1.12 bits per heavy atom. The fourth-order valence-corrected chi connectivity index (χ4v) is 2.60. The summed E-state index contributed by atoms with van der Waals surface area (Å²) in [6, 6.07) is 10.1. The predicted octanol–water partition coefficient (Wildman–Crippen LogP) is 3.04. The van der Waals surface area contributed by atoms with Crippen LogP contribution in [0.15, 0.2) is 49.1 Å². The Hall–Kier alpha value is -3.28. The minimum Gasteiger partial charge on any atom is -0.493 e. The highest BCUT2D eigenvalue weighted by Crippen LogP contribution is 2.33. The van der Waals surface area contributed by atoms with Gasteiger partial charge >= 0.3 is 0 Å². The van der Waals surface area contributed by atoms with Crippen LogP contribution in [0.2, 0.25) is 0 Å². The highest BCUT2D eigenvalue weighted by Gasteiger charge is 2.17. The van der Waals surface area contributed by atoms with Crippen molar-refractivity contribution in [1.29, 1.82) is 0 Å². The maximum Gasteiger partial charge on any atom is 0.255 e. The largest absolute Gasteiger partial charge is 0.493 e. The average Bonchev–Trinajstić information content (AvgIpc) is 2.67. The highest BCUT2D eigenvalue weighted by atomic mass is 16.5. The molecule has 0 spiro atoms. The Balaban J connectivity index is 2.40. The molecule has 26 heavy (non-hydrogen) atoms. The van der Waals surface area contributed by atoms with Crippen LogP contribution in [0.25, 0.3) is 0 Å².